The maximum Gasteiger partial charge on any atom is 0.252 e. The fourth-order valence-corrected chi connectivity index (χ4v) is 3.05. The highest BCUT2D eigenvalue weighted by atomic mass is 32.1. The Bertz CT molecular complexity index is 703. The highest BCUT2D eigenvalue weighted by Crippen LogP contribution is 2.16. The summed E-state index contributed by atoms with van der Waals surface area (Å²) < 4.78 is 5.66. The number of carbonyl (C=O) groups excluding carboxylic acids is 2. The van der Waals surface area contributed by atoms with Crippen molar-refractivity contribution in [1.29, 1.82) is 0 Å². The summed E-state index contributed by atoms with van der Waals surface area (Å²) in [5, 5.41) is 7.54. The van der Waals surface area contributed by atoms with Gasteiger partial charge >= 0.3 is 0 Å². The molecule has 0 bridgehead atoms. The maximum atomic E-state index is 12.4. The third kappa shape index (κ3) is 4.32. The van der Waals surface area contributed by atoms with E-state index in [0.717, 1.165) is 18.5 Å². The Kier molecular flexibility index (Phi) is 5.43. The van der Waals surface area contributed by atoms with Gasteiger partial charge in [-0.05, 0) is 37.5 Å². The van der Waals surface area contributed by atoms with E-state index in [9.17, 15) is 9.59 Å². The van der Waals surface area contributed by atoms with E-state index in [1.54, 1.807) is 29.8 Å². The zero-order valence-electron chi connectivity index (χ0n) is 13.2. The maximum absolute atomic E-state index is 12.4. The summed E-state index contributed by atoms with van der Waals surface area (Å²) in [6, 6.07) is 6.47. The lowest BCUT2D eigenvalue weighted by Crippen LogP contribution is -2.45. The van der Waals surface area contributed by atoms with E-state index in [2.05, 4.69) is 15.6 Å². The molecule has 0 unspecified atom stereocenters. The molecule has 3 rings (SSSR count). The van der Waals surface area contributed by atoms with Crippen molar-refractivity contribution >= 4 is 23.2 Å². The number of ether oxygens (including phenoxy) is 1. The molecule has 1 aromatic heterocycles. The van der Waals surface area contributed by atoms with E-state index < -0.39 is 6.04 Å². The number of aromatic nitrogens is 1. The van der Waals surface area contributed by atoms with Gasteiger partial charge in [-0.3, -0.25) is 9.59 Å². The van der Waals surface area contributed by atoms with E-state index in [4.69, 9.17) is 4.74 Å². The number of amides is 2. The first-order valence-corrected chi connectivity index (χ1v) is 8.85. The lowest BCUT2D eigenvalue weighted by molar-refractivity contribution is -0.122. The normalized spacial score (nSPS) is 17.7. The van der Waals surface area contributed by atoms with Gasteiger partial charge in [0.2, 0.25) is 5.91 Å². The molecule has 1 aliphatic rings. The molecule has 2 amide bonds. The number of rotatable bonds is 5. The lowest BCUT2D eigenvalue weighted by atomic mass is 10.1. The molecule has 7 heteroatoms. The standard InChI is InChI=1S/C17H19N3O3S/c21-16(20-15-6-1-2-7-18-17(15)22)12-4-3-5-14(8-12)23-9-13-10-24-11-19-13/h3-5,8,10-11,15H,1-2,6-7,9H2,(H,18,22)(H,20,21)/t15-/m1/s1. The quantitative estimate of drug-likeness (QED) is 0.870. The van der Waals surface area contributed by atoms with Crippen molar-refractivity contribution in [3.63, 3.8) is 0 Å². The van der Waals surface area contributed by atoms with Gasteiger partial charge in [0, 0.05) is 17.5 Å². The Morgan fingerprint density at radius 2 is 2.33 bits per heavy atom. The van der Waals surface area contributed by atoms with Crippen molar-refractivity contribution in [3.8, 4) is 5.75 Å². The zero-order chi connectivity index (χ0) is 16.8. The highest BCUT2D eigenvalue weighted by Gasteiger charge is 2.22. The van der Waals surface area contributed by atoms with Crippen molar-refractivity contribution in [2.24, 2.45) is 0 Å². The highest BCUT2D eigenvalue weighted by molar-refractivity contribution is 7.07. The molecule has 1 atom stereocenters. The Hall–Kier alpha value is -2.41. The van der Waals surface area contributed by atoms with Crippen LogP contribution in [0, 0.1) is 0 Å². The van der Waals surface area contributed by atoms with Crippen LogP contribution in [0.4, 0.5) is 0 Å². The molecule has 2 heterocycles. The first-order chi connectivity index (χ1) is 11.7. The predicted molar refractivity (Wildman–Crippen MR) is 91.0 cm³/mol. The van der Waals surface area contributed by atoms with Gasteiger partial charge in [-0.2, -0.15) is 0 Å². The number of nitrogens with one attached hydrogen (secondary N) is 2. The summed E-state index contributed by atoms with van der Waals surface area (Å²) in [5.74, 6) is 0.217. The summed E-state index contributed by atoms with van der Waals surface area (Å²) in [5.41, 5.74) is 3.08. The average Bonchev–Trinajstić information content (AvgIpc) is 3.04. The van der Waals surface area contributed by atoms with Crippen molar-refractivity contribution in [3.05, 3.63) is 46.4 Å². The van der Waals surface area contributed by atoms with Crippen LogP contribution < -0.4 is 15.4 Å². The molecule has 24 heavy (non-hydrogen) atoms. The SMILES string of the molecule is O=C(N[C@@H]1CCCCNC1=O)c1cccc(OCc2cscn2)c1. The van der Waals surface area contributed by atoms with Gasteiger partial charge in [-0.1, -0.05) is 6.07 Å². The van der Waals surface area contributed by atoms with Crippen LogP contribution in [0.1, 0.15) is 35.3 Å². The summed E-state index contributed by atoms with van der Waals surface area (Å²) in [7, 11) is 0. The number of thiazole rings is 1. The van der Waals surface area contributed by atoms with Crippen LogP contribution in [0.15, 0.2) is 35.2 Å². The number of benzene rings is 1. The van der Waals surface area contributed by atoms with E-state index >= 15 is 0 Å². The first-order valence-electron chi connectivity index (χ1n) is 7.91. The van der Waals surface area contributed by atoms with Crippen LogP contribution >= 0.6 is 11.3 Å². The van der Waals surface area contributed by atoms with Crippen molar-refractivity contribution in [2.75, 3.05) is 6.54 Å². The third-order valence-corrected chi connectivity index (χ3v) is 4.44. The molecule has 0 saturated carbocycles. The smallest absolute Gasteiger partial charge is 0.252 e. The molecule has 1 aliphatic heterocycles. The molecule has 0 spiro atoms. The van der Waals surface area contributed by atoms with E-state index in [-0.39, 0.29) is 11.8 Å². The monoisotopic (exact) mass is 345 g/mol. The van der Waals surface area contributed by atoms with Gasteiger partial charge in [0.05, 0.1) is 11.2 Å². The van der Waals surface area contributed by atoms with Gasteiger partial charge in [0.1, 0.15) is 18.4 Å². The van der Waals surface area contributed by atoms with Crippen LogP contribution in [0.2, 0.25) is 0 Å². The van der Waals surface area contributed by atoms with Crippen LogP contribution in [-0.2, 0) is 11.4 Å². The zero-order valence-corrected chi connectivity index (χ0v) is 14.0. The molecule has 2 N–H and O–H groups in total. The Labute approximate surface area is 144 Å². The predicted octanol–water partition coefficient (Wildman–Crippen LogP) is 2.12. The second-order valence-corrected chi connectivity index (χ2v) is 6.33. The number of carbonyl (C=O) groups is 2. The minimum Gasteiger partial charge on any atom is -0.487 e. The van der Waals surface area contributed by atoms with Crippen LogP contribution in [-0.4, -0.2) is 29.4 Å². The molecular weight excluding hydrogens is 326 g/mol. The van der Waals surface area contributed by atoms with Crippen LogP contribution in [0.5, 0.6) is 5.75 Å². The summed E-state index contributed by atoms with van der Waals surface area (Å²) in [6.45, 7) is 1.03. The number of hydrogen-bond donors (Lipinski definition) is 2. The van der Waals surface area contributed by atoms with Crippen molar-refractivity contribution in [1.82, 2.24) is 15.6 Å². The number of nitrogens with zero attached hydrogens (tertiary/aromatic N) is 1. The molecule has 6 nitrogen and oxygen atoms in total. The van der Waals surface area contributed by atoms with Crippen molar-refractivity contribution in [2.45, 2.75) is 31.9 Å². The fraction of sp³-hybridized carbons (Fsp3) is 0.353. The Morgan fingerprint density at radius 1 is 1.42 bits per heavy atom. The first kappa shape index (κ1) is 16.4. The molecule has 1 saturated heterocycles. The largest absolute Gasteiger partial charge is 0.487 e. The van der Waals surface area contributed by atoms with Gasteiger partial charge in [-0.15, -0.1) is 11.3 Å². The lowest BCUT2D eigenvalue weighted by Gasteiger charge is -2.15. The van der Waals surface area contributed by atoms with Crippen molar-refractivity contribution < 1.29 is 14.3 Å². The van der Waals surface area contributed by atoms with Crippen LogP contribution in [0.3, 0.4) is 0 Å². The second-order valence-electron chi connectivity index (χ2n) is 5.61. The number of hydrogen-bond acceptors (Lipinski definition) is 5. The molecule has 126 valence electrons. The van der Waals surface area contributed by atoms with Gasteiger partial charge < -0.3 is 15.4 Å². The summed E-state index contributed by atoms with van der Waals surface area (Å²) in [6.07, 6.45) is 2.52. The Morgan fingerprint density at radius 3 is 3.17 bits per heavy atom. The minimum absolute atomic E-state index is 0.114. The van der Waals surface area contributed by atoms with Gasteiger partial charge in [0.25, 0.3) is 5.91 Å². The molecule has 0 aliphatic carbocycles. The van der Waals surface area contributed by atoms with Crippen LogP contribution in [0.25, 0.3) is 0 Å². The second kappa shape index (κ2) is 7.92. The molecule has 2 aromatic rings. The topological polar surface area (TPSA) is 80.3 Å². The van der Waals surface area contributed by atoms with Gasteiger partial charge in [0.15, 0.2) is 0 Å². The molecule has 0 radical (unpaired) electrons. The van der Waals surface area contributed by atoms with E-state index in [0.29, 0.717) is 30.9 Å². The molecule has 1 aromatic carbocycles. The van der Waals surface area contributed by atoms with E-state index in [1.807, 2.05) is 5.38 Å². The fourth-order valence-electron chi connectivity index (χ4n) is 2.51. The van der Waals surface area contributed by atoms with Gasteiger partial charge in [-0.25, -0.2) is 4.98 Å². The van der Waals surface area contributed by atoms with E-state index in [1.165, 1.54) is 11.3 Å². The summed E-state index contributed by atoms with van der Waals surface area (Å²) >= 11 is 1.51. The average molecular weight is 345 g/mol. The minimum atomic E-state index is -0.473. The molecular formula is C17H19N3O3S. The molecule has 1 fully saturated rings. The Balaban J connectivity index is 1.62. The summed E-state index contributed by atoms with van der Waals surface area (Å²) in [4.78, 5) is 28.5. The third-order valence-electron chi connectivity index (χ3n) is 3.81.